The summed E-state index contributed by atoms with van der Waals surface area (Å²) in [5.41, 5.74) is 3.63. The first-order chi connectivity index (χ1) is 13.0. The standard InChI is InChI=1S/C21H19N5O/c1-14(2)16-5-9-19(10-6-16)26-21-23-12-17(13-24-21)20(27)25-18-7-3-15(11-22)4-8-18/h3-10,12-14H,1-2H3,(H,25,27)(H,23,24,26). The maximum Gasteiger partial charge on any atom is 0.258 e. The second kappa shape index (κ2) is 8.11. The van der Waals surface area contributed by atoms with Crippen LogP contribution in [0.1, 0.15) is 41.3 Å². The third kappa shape index (κ3) is 4.67. The maximum absolute atomic E-state index is 12.3. The molecule has 0 unspecified atom stereocenters. The average molecular weight is 357 g/mol. The number of nitrogens with one attached hydrogen (secondary N) is 2. The van der Waals surface area contributed by atoms with Crippen LogP contribution >= 0.6 is 0 Å². The summed E-state index contributed by atoms with van der Waals surface area (Å²) in [4.78, 5) is 20.7. The van der Waals surface area contributed by atoms with Gasteiger partial charge in [-0.3, -0.25) is 4.79 Å². The van der Waals surface area contributed by atoms with Gasteiger partial charge in [-0.25, -0.2) is 9.97 Å². The van der Waals surface area contributed by atoms with Gasteiger partial charge in [0.1, 0.15) is 0 Å². The van der Waals surface area contributed by atoms with E-state index in [1.807, 2.05) is 18.2 Å². The molecule has 134 valence electrons. The van der Waals surface area contributed by atoms with Crippen molar-refractivity contribution >= 4 is 23.2 Å². The monoisotopic (exact) mass is 357 g/mol. The zero-order valence-electron chi connectivity index (χ0n) is 15.1. The number of amides is 1. The van der Waals surface area contributed by atoms with E-state index in [-0.39, 0.29) is 5.91 Å². The van der Waals surface area contributed by atoms with Crippen LogP contribution in [-0.4, -0.2) is 15.9 Å². The lowest BCUT2D eigenvalue weighted by Crippen LogP contribution is -2.13. The molecule has 0 bridgehead atoms. The van der Waals surface area contributed by atoms with Gasteiger partial charge in [0.15, 0.2) is 0 Å². The molecule has 27 heavy (non-hydrogen) atoms. The van der Waals surface area contributed by atoms with Gasteiger partial charge in [0, 0.05) is 23.8 Å². The molecule has 3 rings (SSSR count). The van der Waals surface area contributed by atoms with Gasteiger partial charge in [0.2, 0.25) is 5.95 Å². The van der Waals surface area contributed by atoms with E-state index in [0.717, 1.165) is 5.69 Å². The Kier molecular flexibility index (Phi) is 5.43. The predicted octanol–water partition coefficient (Wildman–Crippen LogP) is 4.47. The van der Waals surface area contributed by atoms with E-state index >= 15 is 0 Å². The normalized spacial score (nSPS) is 10.3. The minimum absolute atomic E-state index is 0.312. The number of hydrogen-bond acceptors (Lipinski definition) is 5. The van der Waals surface area contributed by atoms with E-state index in [0.29, 0.717) is 28.7 Å². The Morgan fingerprint density at radius 2 is 1.56 bits per heavy atom. The molecule has 6 nitrogen and oxygen atoms in total. The van der Waals surface area contributed by atoms with Crippen molar-refractivity contribution in [2.45, 2.75) is 19.8 Å². The molecule has 0 aliphatic carbocycles. The van der Waals surface area contributed by atoms with Crippen molar-refractivity contribution in [3.8, 4) is 6.07 Å². The highest BCUT2D eigenvalue weighted by molar-refractivity contribution is 6.03. The molecule has 0 atom stereocenters. The fraction of sp³-hybridized carbons (Fsp3) is 0.143. The second-order valence-electron chi connectivity index (χ2n) is 6.34. The summed E-state index contributed by atoms with van der Waals surface area (Å²) in [7, 11) is 0. The van der Waals surface area contributed by atoms with Gasteiger partial charge in [0.25, 0.3) is 5.91 Å². The van der Waals surface area contributed by atoms with Crippen molar-refractivity contribution in [1.82, 2.24) is 9.97 Å². The number of anilines is 3. The Bertz CT molecular complexity index is 955. The maximum atomic E-state index is 12.3. The molecule has 0 spiro atoms. The molecule has 0 aliphatic rings. The summed E-state index contributed by atoms with van der Waals surface area (Å²) >= 11 is 0. The Morgan fingerprint density at radius 3 is 2.11 bits per heavy atom. The molecule has 6 heteroatoms. The summed E-state index contributed by atoms with van der Waals surface area (Å²) in [5.74, 6) is 0.582. The molecule has 2 N–H and O–H groups in total. The van der Waals surface area contributed by atoms with Gasteiger partial charge in [-0.2, -0.15) is 5.26 Å². The molecule has 0 saturated carbocycles. The van der Waals surface area contributed by atoms with Crippen molar-refractivity contribution in [3.05, 3.63) is 77.6 Å². The molecular formula is C21H19N5O. The largest absolute Gasteiger partial charge is 0.324 e. The Labute approximate surface area is 157 Å². The number of hydrogen-bond donors (Lipinski definition) is 2. The van der Waals surface area contributed by atoms with Crippen LogP contribution in [0.3, 0.4) is 0 Å². The number of benzene rings is 2. The van der Waals surface area contributed by atoms with Gasteiger partial charge < -0.3 is 10.6 Å². The Morgan fingerprint density at radius 1 is 0.963 bits per heavy atom. The highest BCUT2D eigenvalue weighted by atomic mass is 16.1. The highest BCUT2D eigenvalue weighted by Crippen LogP contribution is 2.19. The fourth-order valence-corrected chi connectivity index (χ4v) is 2.42. The van der Waals surface area contributed by atoms with Crippen molar-refractivity contribution in [2.75, 3.05) is 10.6 Å². The van der Waals surface area contributed by atoms with Crippen LogP contribution in [-0.2, 0) is 0 Å². The van der Waals surface area contributed by atoms with Crippen LogP contribution in [0.25, 0.3) is 0 Å². The Balaban J connectivity index is 1.63. The van der Waals surface area contributed by atoms with Crippen LogP contribution < -0.4 is 10.6 Å². The summed E-state index contributed by atoms with van der Waals surface area (Å²) in [6.45, 7) is 4.29. The summed E-state index contributed by atoms with van der Waals surface area (Å²) < 4.78 is 0. The fourth-order valence-electron chi connectivity index (χ4n) is 2.42. The van der Waals surface area contributed by atoms with Gasteiger partial charge >= 0.3 is 0 Å². The van der Waals surface area contributed by atoms with Crippen molar-refractivity contribution in [2.24, 2.45) is 0 Å². The lowest BCUT2D eigenvalue weighted by Gasteiger charge is -2.09. The van der Waals surface area contributed by atoms with Gasteiger partial charge in [-0.15, -0.1) is 0 Å². The minimum atomic E-state index is -0.312. The van der Waals surface area contributed by atoms with Crippen molar-refractivity contribution < 1.29 is 4.79 Å². The van der Waals surface area contributed by atoms with Gasteiger partial charge in [-0.05, 0) is 47.9 Å². The molecule has 0 radical (unpaired) electrons. The minimum Gasteiger partial charge on any atom is -0.324 e. The summed E-state index contributed by atoms with van der Waals surface area (Å²) in [6, 6.07) is 16.7. The zero-order valence-corrected chi connectivity index (χ0v) is 15.1. The van der Waals surface area contributed by atoms with E-state index in [4.69, 9.17) is 5.26 Å². The molecular weight excluding hydrogens is 338 g/mol. The van der Waals surface area contributed by atoms with E-state index < -0.39 is 0 Å². The summed E-state index contributed by atoms with van der Waals surface area (Å²) in [5, 5.41) is 14.7. The molecule has 2 aromatic carbocycles. The number of nitrogens with zero attached hydrogens (tertiary/aromatic N) is 3. The number of aromatic nitrogens is 2. The van der Waals surface area contributed by atoms with Gasteiger partial charge in [-0.1, -0.05) is 26.0 Å². The molecule has 1 aromatic heterocycles. The van der Waals surface area contributed by atoms with Crippen molar-refractivity contribution in [1.29, 1.82) is 5.26 Å². The van der Waals surface area contributed by atoms with Crippen molar-refractivity contribution in [3.63, 3.8) is 0 Å². The van der Waals surface area contributed by atoms with E-state index in [1.54, 1.807) is 24.3 Å². The smallest absolute Gasteiger partial charge is 0.258 e. The molecule has 1 heterocycles. The van der Waals surface area contributed by atoms with Crippen LogP contribution in [0, 0.1) is 11.3 Å². The zero-order chi connectivity index (χ0) is 19.2. The molecule has 0 fully saturated rings. The molecule has 1 amide bonds. The number of nitriles is 1. The van der Waals surface area contributed by atoms with Crippen LogP contribution in [0.5, 0.6) is 0 Å². The molecule has 3 aromatic rings. The lowest BCUT2D eigenvalue weighted by molar-refractivity contribution is 0.102. The highest BCUT2D eigenvalue weighted by Gasteiger charge is 2.08. The van der Waals surface area contributed by atoms with Crippen LogP contribution in [0.4, 0.5) is 17.3 Å². The van der Waals surface area contributed by atoms with Crippen LogP contribution in [0.15, 0.2) is 60.9 Å². The Hall–Kier alpha value is -3.72. The van der Waals surface area contributed by atoms with Crippen LogP contribution in [0.2, 0.25) is 0 Å². The first-order valence-electron chi connectivity index (χ1n) is 8.55. The lowest BCUT2D eigenvalue weighted by atomic mass is 10.0. The summed E-state index contributed by atoms with van der Waals surface area (Å²) in [6.07, 6.45) is 2.94. The quantitative estimate of drug-likeness (QED) is 0.703. The number of rotatable bonds is 5. The molecule has 0 aliphatic heterocycles. The average Bonchev–Trinajstić information content (AvgIpc) is 2.69. The SMILES string of the molecule is CC(C)c1ccc(Nc2ncc(C(=O)Nc3ccc(C#N)cc3)cn2)cc1. The van der Waals surface area contributed by atoms with Gasteiger partial charge in [0.05, 0.1) is 17.2 Å². The first-order valence-corrected chi connectivity index (χ1v) is 8.55. The predicted molar refractivity (Wildman–Crippen MR) is 105 cm³/mol. The van der Waals surface area contributed by atoms with E-state index in [9.17, 15) is 4.79 Å². The third-order valence-electron chi connectivity index (χ3n) is 4.02. The second-order valence-corrected chi connectivity index (χ2v) is 6.34. The topological polar surface area (TPSA) is 90.7 Å². The van der Waals surface area contributed by atoms with E-state index in [2.05, 4.69) is 46.6 Å². The van der Waals surface area contributed by atoms with E-state index in [1.165, 1.54) is 18.0 Å². The molecule has 0 saturated heterocycles. The number of carbonyl (C=O) groups is 1. The third-order valence-corrected chi connectivity index (χ3v) is 4.02. The first kappa shape index (κ1) is 18.1. The number of carbonyl (C=O) groups excluding carboxylic acids is 1.